The van der Waals surface area contributed by atoms with Crippen LogP contribution in [0, 0.1) is 6.92 Å². The van der Waals surface area contributed by atoms with Gasteiger partial charge < -0.3 is 15.8 Å². The molecule has 0 fully saturated rings. The molecule has 2 rings (SSSR count). The number of rotatable bonds is 6. The largest absolute Gasteiger partial charge is 0.476 e. The van der Waals surface area contributed by atoms with E-state index in [1.165, 1.54) is 16.1 Å². The van der Waals surface area contributed by atoms with Crippen molar-refractivity contribution in [2.24, 2.45) is 0 Å². The molecule has 2 heterocycles. The van der Waals surface area contributed by atoms with Gasteiger partial charge in [-0.1, -0.05) is 6.92 Å². The molecule has 5 nitrogen and oxygen atoms in total. The third-order valence-electron chi connectivity index (χ3n) is 2.52. The van der Waals surface area contributed by atoms with Crippen LogP contribution in [-0.4, -0.2) is 16.6 Å². The zero-order valence-electron chi connectivity index (χ0n) is 11.1. The van der Waals surface area contributed by atoms with Gasteiger partial charge in [0.2, 0.25) is 5.88 Å². The smallest absolute Gasteiger partial charge is 0.242 e. The van der Waals surface area contributed by atoms with Crippen LogP contribution in [0.5, 0.6) is 5.88 Å². The highest BCUT2D eigenvalue weighted by Gasteiger charge is 2.09. The number of aromatic nitrogens is 2. The van der Waals surface area contributed by atoms with Crippen molar-refractivity contribution in [2.75, 3.05) is 17.7 Å². The minimum Gasteiger partial charge on any atom is -0.476 e. The first-order valence-electron chi connectivity index (χ1n) is 6.23. The predicted molar refractivity (Wildman–Crippen MR) is 78.6 cm³/mol. The standard InChI is InChI=1S/C13H18N4OS/c1-3-6-18-13-11(14)12(16-8-17-13)15-7-10-5-4-9(2)19-10/h4-5,8H,3,6-7,14H2,1-2H3,(H,15,16,17). The van der Waals surface area contributed by atoms with E-state index in [9.17, 15) is 0 Å². The summed E-state index contributed by atoms with van der Waals surface area (Å²) in [5.41, 5.74) is 6.45. The van der Waals surface area contributed by atoms with Crippen LogP contribution < -0.4 is 15.8 Å². The lowest BCUT2D eigenvalue weighted by molar-refractivity contribution is 0.306. The number of hydrogen-bond donors (Lipinski definition) is 2. The number of hydrogen-bond acceptors (Lipinski definition) is 6. The summed E-state index contributed by atoms with van der Waals surface area (Å²) >= 11 is 1.75. The molecule has 0 spiro atoms. The van der Waals surface area contributed by atoms with Gasteiger partial charge in [0.1, 0.15) is 12.0 Å². The Kier molecular flexibility index (Phi) is 4.57. The lowest BCUT2D eigenvalue weighted by Gasteiger charge is -2.10. The monoisotopic (exact) mass is 278 g/mol. The molecule has 0 amide bonds. The van der Waals surface area contributed by atoms with Crippen molar-refractivity contribution in [2.45, 2.75) is 26.8 Å². The second-order valence-corrected chi connectivity index (χ2v) is 5.53. The van der Waals surface area contributed by atoms with Crippen molar-refractivity contribution in [3.8, 4) is 5.88 Å². The zero-order valence-corrected chi connectivity index (χ0v) is 12.0. The van der Waals surface area contributed by atoms with E-state index in [1.54, 1.807) is 11.3 Å². The molecule has 0 unspecified atom stereocenters. The molecule has 0 saturated carbocycles. The molecule has 0 aromatic carbocycles. The Balaban J connectivity index is 2.03. The molecule has 0 aliphatic carbocycles. The molecule has 6 heteroatoms. The maximum atomic E-state index is 5.98. The SMILES string of the molecule is CCCOc1ncnc(NCc2ccc(C)s2)c1N. The van der Waals surface area contributed by atoms with Crippen molar-refractivity contribution in [3.05, 3.63) is 28.2 Å². The fraction of sp³-hybridized carbons (Fsp3) is 0.385. The first-order chi connectivity index (χ1) is 9.20. The molecule has 0 saturated heterocycles. The summed E-state index contributed by atoms with van der Waals surface area (Å²) in [6.07, 6.45) is 2.38. The summed E-state index contributed by atoms with van der Waals surface area (Å²) in [5.74, 6) is 1.06. The van der Waals surface area contributed by atoms with Gasteiger partial charge in [-0.25, -0.2) is 4.98 Å². The van der Waals surface area contributed by atoms with E-state index in [-0.39, 0.29) is 0 Å². The van der Waals surface area contributed by atoms with Crippen LogP contribution in [0.25, 0.3) is 0 Å². The maximum Gasteiger partial charge on any atom is 0.242 e. The molecule has 0 atom stereocenters. The Hall–Kier alpha value is -1.82. The number of aryl methyl sites for hydroxylation is 1. The molecule has 0 aliphatic rings. The van der Waals surface area contributed by atoms with E-state index in [1.807, 2.05) is 6.92 Å². The average molecular weight is 278 g/mol. The molecule has 0 bridgehead atoms. The summed E-state index contributed by atoms with van der Waals surface area (Å²) in [7, 11) is 0. The van der Waals surface area contributed by atoms with E-state index >= 15 is 0 Å². The quantitative estimate of drug-likeness (QED) is 0.850. The number of thiophene rings is 1. The number of nitrogens with one attached hydrogen (secondary N) is 1. The molecule has 3 N–H and O–H groups in total. The van der Waals surface area contributed by atoms with Gasteiger partial charge in [-0.05, 0) is 25.5 Å². The Bertz CT molecular complexity index is 541. The van der Waals surface area contributed by atoms with Crippen LogP contribution in [0.4, 0.5) is 11.5 Å². The van der Waals surface area contributed by atoms with E-state index in [0.717, 1.165) is 6.42 Å². The number of nitrogens with zero attached hydrogens (tertiary/aromatic N) is 2. The minimum absolute atomic E-state index is 0.446. The molecule has 2 aromatic rings. The van der Waals surface area contributed by atoms with Gasteiger partial charge in [0.05, 0.1) is 13.2 Å². The number of nitrogens with two attached hydrogens (primary N) is 1. The predicted octanol–water partition coefficient (Wildman–Crippen LogP) is 2.83. The number of nitrogen functional groups attached to an aromatic ring is 1. The Morgan fingerprint density at radius 2 is 2.21 bits per heavy atom. The van der Waals surface area contributed by atoms with E-state index in [0.29, 0.717) is 30.5 Å². The summed E-state index contributed by atoms with van der Waals surface area (Å²) < 4.78 is 5.47. The molecule has 0 radical (unpaired) electrons. The fourth-order valence-corrected chi connectivity index (χ4v) is 2.42. The van der Waals surface area contributed by atoms with Gasteiger partial charge in [0.15, 0.2) is 5.82 Å². The van der Waals surface area contributed by atoms with E-state index in [4.69, 9.17) is 10.5 Å². The van der Waals surface area contributed by atoms with Gasteiger partial charge >= 0.3 is 0 Å². The zero-order chi connectivity index (χ0) is 13.7. The van der Waals surface area contributed by atoms with Crippen molar-refractivity contribution in [1.82, 2.24) is 9.97 Å². The van der Waals surface area contributed by atoms with E-state index in [2.05, 4.69) is 34.3 Å². The Labute approximate surface area is 116 Å². The van der Waals surface area contributed by atoms with Crippen molar-refractivity contribution >= 4 is 22.8 Å². The second kappa shape index (κ2) is 6.38. The van der Waals surface area contributed by atoms with Crippen LogP contribution >= 0.6 is 11.3 Å². The topological polar surface area (TPSA) is 73.1 Å². The Morgan fingerprint density at radius 3 is 2.89 bits per heavy atom. The first-order valence-corrected chi connectivity index (χ1v) is 7.04. The fourth-order valence-electron chi connectivity index (χ4n) is 1.59. The maximum absolute atomic E-state index is 5.98. The van der Waals surface area contributed by atoms with E-state index < -0.39 is 0 Å². The molecular weight excluding hydrogens is 260 g/mol. The normalized spacial score (nSPS) is 10.4. The second-order valence-electron chi connectivity index (χ2n) is 4.16. The van der Waals surface area contributed by atoms with Gasteiger partial charge in [-0.2, -0.15) is 4.98 Å². The molecule has 0 aliphatic heterocycles. The van der Waals surface area contributed by atoms with Crippen molar-refractivity contribution < 1.29 is 4.74 Å². The molecule has 2 aromatic heterocycles. The van der Waals surface area contributed by atoms with Gasteiger partial charge in [0.25, 0.3) is 0 Å². The van der Waals surface area contributed by atoms with Crippen LogP contribution in [-0.2, 0) is 6.54 Å². The summed E-state index contributed by atoms with van der Waals surface area (Å²) in [6, 6.07) is 4.19. The first kappa shape index (κ1) is 13.6. The highest BCUT2D eigenvalue weighted by Crippen LogP contribution is 2.25. The van der Waals surface area contributed by atoms with Crippen LogP contribution in [0.3, 0.4) is 0 Å². The highest BCUT2D eigenvalue weighted by molar-refractivity contribution is 7.11. The third-order valence-corrected chi connectivity index (χ3v) is 3.52. The lowest BCUT2D eigenvalue weighted by atomic mass is 10.4. The lowest BCUT2D eigenvalue weighted by Crippen LogP contribution is -2.07. The highest BCUT2D eigenvalue weighted by atomic mass is 32.1. The van der Waals surface area contributed by atoms with Gasteiger partial charge in [-0.3, -0.25) is 0 Å². The van der Waals surface area contributed by atoms with Crippen LogP contribution in [0.1, 0.15) is 23.1 Å². The van der Waals surface area contributed by atoms with Crippen LogP contribution in [0.15, 0.2) is 18.5 Å². The molecular formula is C13H18N4OS. The molecule has 19 heavy (non-hydrogen) atoms. The number of anilines is 2. The van der Waals surface area contributed by atoms with Crippen molar-refractivity contribution in [3.63, 3.8) is 0 Å². The average Bonchev–Trinajstić information content (AvgIpc) is 2.82. The summed E-state index contributed by atoms with van der Waals surface area (Å²) in [4.78, 5) is 10.7. The van der Waals surface area contributed by atoms with Crippen LogP contribution in [0.2, 0.25) is 0 Å². The molecule has 102 valence electrons. The van der Waals surface area contributed by atoms with Gasteiger partial charge in [0, 0.05) is 9.75 Å². The van der Waals surface area contributed by atoms with Crippen molar-refractivity contribution in [1.29, 1.82) is 0 Å². The Morgan fingerprint density at radius 1 is 1.37 bits per heavy atom. The van der Waals surface area contributed by atoms with Gasteiger partial charge in [-0.15, -0.1) is 11.3 Å². The third kappa shape index (κ3) is 3.57. The summed E-state index contributed by atoms with van der Waals surface area (Å²) in [5, 5.41) is 3.21. The minimum atomic E-state index is 0.446. The summed E-state index contributed by atoms with van der Waals surface area (Å²) in [6.45, 7) is 5.43. The number of ether oxygens (including phenoxy) is 1.